The molecule has 2 N–H and O–H groups in total. The molecule has 0 aromatic carbocycles. The molecular formula is C18H26N2O3. The van der Waals surface area contributed by atoms with Crippen molar-refractivity contribution >= 4 is 11.8 Å². The summed E-state index contributed by atoms with van der Waals surface area (Å²) in [6.45, 7) is 0.952. The van der Waals surface area contributed by atoms with Gasteiger partial charge in [-0.05, 0) is 38.5 Å². The Balaban J connectivity index is 1.51. The summed E-state index contributed by atoms with van der Waals surface area (Å²) in [7, 11) is 0. The molecule has 5 nitrogen and oxygen atoms in total. The summed E-state index contributed by atoms with van der Waals surface area (Å²) in [5.74, 6) is 0.287. The van der Waals surface area contributed by atoms with Gasteiger partial charge in [-0.15, -0.1) is 0 Å². The Morgan fingerprint density at radius 2 is 1.26 bits per heavy atom. The zero-order chi connectivity index (χ0) is 16.1. The van der Waals surface area contributed by atoms with Crippen LogP contribution in [0.2, 0.25) is 0 Å². The van der Waals surface area contributed by atoms with Crippen molar-refractivity contribution in [2.45, 2.75) is 50.6 Å². The number of allylic oxidation sites excluding steroid dienone is 4. The largest absolute Gasteiger partial charge is 0.377 e. The fraction of sp³-hybridized carbons (Fsp3) is 0.667. The lowest BCUT2D eigenvalue weighted by Crippen LogP contribution is -2.53. The monoisotopic (exact) mass is 318 g/mol. The van der Waals surface area contributed by atoms with Crippen LogP contribution in [0.1, 0.15) is 38.5 Å². The predicted octanol–water partition coefficient (Wildman–Crippen LogP) is 1.70. The standard InChI is InChI=1S/C18H26N2O3/c21-17(13-7-3-1-4-8-13)19-15-11-23-12-16(15)20-18(22)14-9-5-2-6-10-14/h1-3,5,13-16H,4,6-12H2,(H,19,21)(H,20,22)/t13?,14?,15-,16+. The first-order chi connectivity index (χ1) is 11.2. The first-order valence-electron chi connectivity index (χ1n) is 8.72. The van der Waals surface area contributed by atoms with Crippen LogP contribution in [-0.4, -0.2) is 37.1 Å². The van der Waals surface area contributed by atoms with Gasteiger partial charge in [-0.2, -0.15) is 0 Å². The lowest BCUT2D eigenvalue weighted by atomic mass is 9.92. The predicted molar refractivity (Wildman–Crippen MR) is 87.6 cm³/mol. The summed E-state index contributed by atoms with van der Waals surface area (Å²) in [4.78, 5) is 24.7. The van der Waals surface area contributed by atoms with E-state index in [1.807, 2.05) is 0 Å². The van der Waals surface area contributed by atoms with Crippen molar-refractivity contribution in [3.8, 4) is 0 Å². The van der Waals surface area contributed by atoms with Gasteiger partial charge in [0.2, 0.25) is 11.8 Å². The van der Waals surface area contributed by atoms with Gasteiger partial charge >= 0.3 is 0 Å². The van der Waals surface area contributed by atoms with Crippen LogP contribution in [0.3, 0.4) is 0 Å². The molecule has 4 atom stereocenters. The van der Waals surface area contributed by atoms with Gasteiger partial charge in [0, 0.05) is 11.8 Å². The highest BCUT2D eigenvalue weighted by atomic mass is 16.5. The number of nitrogens with one attached hydrogen (secondary N) is 2. The van der Waals surface area contributed by atoms with Crippen molar-refractivity contribution in [1.29, 1.82) is 0 Å². The number of ether oxygens (including phenoxy) is 1. The number of hydrogen-bond acceptors (Lipinski definition) is 3. The number of hydrogen-bond donors (Lipinski definition) is 2. The fourth-order valence-electron chi connectivity index (χ4n) is 3.50. The van der Waals surface area contributed by atoms with Crippen LogP contribution in [-0.2, 0) is 14.3 Å². The lowest BCUT2D eigenvalue weighted by Gasteiger charge is -2.26. The molecule has 23 heavy (non-hydrogen) atoms. The minimum Gasteiger partial charge on any atom is -0.377 e. The molecule has 1 saturated heterocycles. The zero-order valence-electron chi connectivity index (χ0n) is 13.5. The molecule has 0 bridgehead atoms. The van der Waals surface area contributed by atoms with Crippen molar-refractivity contribution in [1.82, 2.24) is 10.6 Å². The van der Waals surface area contributed by atoms with Crippen molar-refractivity contribution in [3.05, 3.63) is 24.3 Å². The topological polar surface area (TPSA) is 67.4 Å². The third-order valence-corrected chi connectivity index (χ3v) is 5.02. The van der Waals surface area contributed by atoms with Crippen LogP contribution in [0.15, 0.2) is 24.3 Å². The maximum atomic E-state index is 12.4. The highest BCUT2D eigenvalue weighted by Gasteiger charge is 2.33. The summed E-state index contributed by atoms with van der Waals surface area (Å²) < 4.78 is 5.49. The Hall–Kier alpha value is -1.62. The maximum absolute atomic E-state index is 12.4. The van der Waals surface area contributed by atoms with Crippen LogP contribution in [0.4, 0.5) is 0 Å². The van der Waals surface area contributed by atoms with E-state index in [1.165, 1.54) is 0 Å². The van der Waals surface area contributed by atoms with Crippen LogP contribution in [0.25, 0.3) is 0 Å². The van der Waals surface area contributed by atoms with Gasteiger partial charge < -0.3 is 15.4 Å². The Labute approximate surface area is 137 Å². The number of rotatable bonds is 4. The molecule has 1 aliphatic heterocycles. The summed E-state index contributed by atoms with van der Waals surface area (Å²) in [5.41, 5.74) is 0. The van der Waals surface area contributed by atoms with Gasteiger partial charge in [0.25, 0.3) is 0 Å². The van der Waals surface area contributed by atoms with E-state index >= 15 is 0 Å². The van der Waals surface area contributed by atoms with Crippen molar-refractivity contribution < 1.29 is 14.3 Å². The second-order valence-electron chi connectivity index (χ2n) is 6.73. The average molecular weight is 318 g/mol. The third kappa shape index (κ3) is 4.22. The van der Waals surface area contributed by atoms with Crippen LogP contribution >= 0.6 is 0 Å². The first-order valence-corrected chi connectivity index (χ1v) is 8.72. The highest BCUT2D eigenvalue weighted by Crippen LogP contribution is 2.20. The fourth-order valence-corrected chi connectivity index (χ4v) is 3.50. The molecule has 1 heterocycles. The second kappa shape index (κ2) is 7.77. The van der Waals surface area contributed by atoms with E-state index in [1.54, 1.807) is 0 Å². The molecule has 126 valence electrons. The molecule has 3 aliphatic rings. The minimum absolute atomic E-state index is 0.0560. The van der Waals surface area contributed by atoms with Gasteiger partial charge in [-0.3, -0.25) is 9.59 Å². The average Bonchev–Trinajstić information content (AvgIpc) is 3.03. The summed E-state index contributed by atoms with van der Waals surface area (Å²) in [6.07, 6.45) is 13.8. The SMILES string of the molecule is O=C(N[C@H]1COC[C@H]1NC(=O)C1CC=CCC1)C1CC=CCC1. The van der Waals surface area contributed by atoms with Gasteiger partial charge in [0.1, 0.15) is 0 Å². The maximum Gasteiger partial charge on any atom is 0.223 e. The Bertz CT molecular complexity index is 456. The molecule has 2 unspecified atom stereocenters. The highest BCUT2D eigenvalue weighted by molar-refractivity contribution is 5.81. The number of carbonyl (C=O) groups is 2. The quantitative estimate of drug-likeness (QED) is 0.775. The molecule has 2 amide bonds. The molecular weight excluding hydrogens is 292 g/mol. The van der Waals surface area contributed by atoms with E-state index < -0.39 is 0 Å². The molecule has 0 radical (unpaired) electrons. The van der Waals surface area contributed by atoms with Crippen molar-refractivity contribution in [2.75, 3.05) is 13.2 Å². The molecule has 0 spiro atoms. The van der Waals surface area contributed by atoms with Gasteiger partial charge in [0.05, 0.1) is 25.3 Å². The third-order valence-electron chi connectivity index (χ3n) is 5.02. The Morgan fingerprint density at radius 1 is 0.783 bits per heavy atom. The summed E-state index contributed by atoms with van der Waals surface area (Å²) in [5, 5.41) is 6.16. The van der Waals surface area contributed by atoms with E-state index in [2.05, 4.69) is 34.9 Å². The molecule has 0 aromatic heterocycles. The van der Waals surface area contributed by atoms with E-state index in [0.29, 0.717) is 13.2 Å². The van der Waals surface area contributed by atoms with Gasteiger partial charge in [-0.1, -0.05) is 24.3 Å². The summed E-state index contributed by atoms with van der Waals surface area (Å²) in [6, 6.07) is -0.229. The second-order valence-corrected chi connectivity index (χ2v) is 6.73. The zero-order valence-corrected chi connectivity index (χ0v) is 13.5. The van der Waals surface area contributed by atoms with E-state index in [0.717, 1.165) is 38.5 Å². The smallest absolute Gasteiger partial charge is 0.223 e. The van der Waals surface area contributed by atoms with E-state index in [-0.39, 0.29) is 35.7 Å². The van der Waals surface area contributed by atoms with Crippen LogP contribution in [0.5, 0.6) is 0 Å². The minimum atomic E-state index is -0.114. The summed E-state index contributed by atoms with van der Waals surface area (Å²) >= 11 is 0. The van der Waals surface area contributed by atoms with Gasteiger partial charge in [0.15, 0.2) is 0 Å². The number of carbonyl (C=O) groups excluding carboxylic acids is 2. The first kappa shape index (κ1) is 16.2. The molecule has 5 heteroatoms. The Kier molecular flexibility index (Phi) is 5.49. The normalized spacial score (nSPS) is 33.4. The van der Waals surface area contributed by atoms with Crippen LogP contribution < -0.4 is 10.6 Å². The van der Waals surface area contributed by atoms with E-state index in [9.17, 15) is 9.59 Å². The number of amides is 2. The molecule has 0 aromatic rings. The van der Waals surface area contributed by atoms with Crippen molar-refractivity contribution in [2.24, 2.45) is 11.8 Å². The molecule has 0 saturated carbocycles. The lowest BCUT2D eigenvalue weighted by molar-refractivity contribution is -0.128. The molecule has 2 aliphatic carbocycles. The molecule has 3 rings (SSSR count). The Morgan fingerprint density at radius 3 is 1.65 bits per heavy atom. The van der Waals surface area contributed by atoms with E-state index in [4.69, 9.17) is 4.74 Å². The van der Waals surface area contributed by atoms with Crippen LogP contribution in [0, 0.1) is 11.8 Å². The van der Waals surface area contributed by atoms with Gasteiger partial charge in [-0.25, -0.2) is 0 Å². The molecule has 1 fully saturated rings. The van der Waals surface area contributed by atoms with Crippen molar-refractivity contribution in [3.63, 3.8) is 0 Å².